The summed E-state index contributed by atoms with van der Waals surface area (Å²) in [6.45, 7) is 7.30. The summed E-state index contributed by atoms with van der Waals surface area (Å²) >= 11 is 0. The third kappa shape index (κ3) is 6.29. The van der Waals surface area contributed by atoms with Gasteiger partial charge < -0.3 is 14.8 Å². The van der Waals surface area contributed by atoms with Gasteiger partial charge in [0.25, 0.3) is 0 Å². The van der Waals surface area contributed by atoms with Crippen molar-refractivity contribution in [2.45, 2.75) is 58.8 Å². The minimum Gasteiger partial charge on any atom is -0.447 e. The van der Waals surface area contributed by atoms with Crippen LogP contribution in [0, 0.1) is 18.8 Å². The SMILES string of the molecule is Cc1cc(C#CCNC(=O)OC(C)C)cnc1-c1cn(CC2CCCCO2)nn1. The maximum absolute atomic E-state index is 11.4. The highest BCUT2D eigenvalue weighted by atomic mass is 16.6. The average Bonchev–Trinajstić information content (AvgIpc) is 3.14. The molecule has 0 radical (unpaired) electrons. The molecule has 1 aliphatic rings. The van der Waals surface area contributed by atoms with Crippen molar-refractivity contribution in [1.82, 2.24) is 25.3 Å². The molecule has 0 bridgehead atoms. The molecule has 0 aliphatic carbocycles. The van der Waals surface area contributed by atoms with E-state index in [-0.39, 0.29) is 18.8 Å². The molecule has 1 aliphatic heterocycles. The van der Waals surface area contributed by atoms with Crippen molar-refractivity contribution in [1.29, 1.82) is 0 Å². The Morgan fingerprint density at radius 3 is 3.03 bits per heavy atom. The zero-order chi connectivity index (χ0) is 20.6. The normalized spacial score (nSPS) is 16.2. The predicted octanol–water partition coefficient (Wildman–Crippen LogP) is 2.70. The molecule has 154 valence electrons. The number of aryl methyl sites for hydroxylation is 1. The molecule has 1 atom stereocenters. The number of rotatable bonds is 5. The van der Waals surface area contributed by atoms with Crippen LogP contribution in [-0.2, 0) is 16.0 Å². The zero-order valence-electron chi connectivity index (χ0n) is 17.1. The van der Waals surface area contributed by atoms with Crippen molar-refractivity contribution in [2.75, 3.05) is 13.2 Å². The molecule has 0 saturated carbocycles. The zero-order valence-corrected chi connectivity index (χ0v) is 17.1. The molecule has 1 N–H and O–H groups in total. The van der Waals surface area contributed by atoms with E-state index in [0.29, 0.717) is 6.54 Å². The fourth-order valence-electron chi connectivity index (χ4n) is 3.09. The quantitative estimate of drug-likeness (QED) is 0.780. The Bertz CT molecular complexity index is 891. The second-order valence-electron chi connectivity index (χ2n) is 7.31. The highest BCUT2D eigenvalue weighted by molar-refractivity contribution is 5.67. The molecular weight excluding hydrogens is 370 g/mol. The minimum absolute atomic E-state index is 0.157. The van der Waals surface area contributed by atoms with Crippen LogP contribution in [0.5, 0.6) is 0 Å². The summed E-state index contributed by atoms with van der Waals surface area (Å²) < 4.78 is 12.6. The number of hydrogen-bond acceptors (Lipinski definition) is 6. The molecular formula is C21H27N5O3. The number of nitrogens with zero attached hydrogens (tertiary/aromatic N) is 4. The van der Waals surface area contributed by atoms with Crippen LogP contribution in [0.1, 0.15) is 44.2 Å². The first-order chi connectivity index (χ1) is 14.0. The lowest BCUT2D eigenvalue weighted by Gasteiger charge is -2.21. The fourth-order valence-corrected chi connectivity index (χ4v) is 3.09. The first-order valence-corrected chi connectivity index (χ1v) is 9.93. The van der Waals surface area contributed by atoms with E-state index >= 15 is 0 Å². The maximum Gasteiger partial charge on any atom is 0.408 e. The number of nitrogens with one attached hydrogen (secondary N) is 1. The highest BCUT2D eigenvalue weighted by Crippen LogP contribution is 2.20. The lowest BCUT2D eigenvalue weighted by Crippen LogP contribution is -2.26. The van der Waals surface area contributed by atoms with Crippen LogP contribution in [0.2, 0.25) is 0 Å². The summed E-state index contributed by atoms with van der Waals surface area (Å²) in [6, 6.07) is 1.95. The van der Waals surface area contributed by atoms with Crippen molar-refractivity contribution in [3.05, 3.63) is 29.6 Å². The van der Waals surface area contributed by atoms with E-state index in [1.54, 1.807) is 20.0 Å². The van der Waals surface area contributed by atoms with Crippen LogP contribution < -0.4 is 5.32 Å². The number of amides is 1. The number of carbonyl (C=O) groups is 1. The van der Waals surface area contributed by atoms with Gasteiger partial charge in [0, 0.05) is 18.4 Å². The van der Waals surface area contributed by atoms with Crippen LogP contribution >= 0.6 is 0 Å². The van der Waals surface area contributed by atoms with Gasteiger partial charge in [-0.15, -0.1) is 5.10 Å². The third-order valence-electron chi connectivity index (χ3n) is 4.42. The van der Waals surface area contributed by atoms with Crippen LogP contribution in [0.15, 0.2) is 18.5 Å². The summed E-state index contributed by atoms with van der Waals surface area (Å²) in [4.78, 5) is 15.9. The van der Waals surface area contributed by atoms with E-state index in [9.17, 15) is 4.79 Å². The number of aromatic nitrogens is 4. The summed E-state index contributed by atoms with van der Waals surface area (Å²) in [7, 11) is 0. The Morgan fingerprint density at radius 2 is 2.31 bits per heavy atom. The summed E-state index contributed by atoms with van der Waals surface area (Å²) in [5, 5.41) is 11.1. The van der Waals surface area contributed by atoms with Gasteiger partial charge in [0.05, 0.1) is 37.2 Å². The van der Waals surface area contributed by atoms with Crippen LogP contribution in [0.3, 0.4) is 0 Å². The molecule has 1 saturated heterocycles. The van der Waals surface area contributed by atoms with Crippen molar-refractivity contribution < 1.29 is 14.3 Å². The van der Waals surface area contributed by atoms with E-state index in [1.165, 1.54) is 6.42 Å². The van der Waals surface area contributed by atoms with Crippen LogP contribution in [0.4, 0.5) is 4.79 Å². The topological polar surface area (TPSA) is 91.2 Å². The van der Waals surface area contributed by atoms with Gasteiger partial charge in [-0.3, -0.25) is 4.98 Å². The summed E-state index contributed by atoms with van der Waals surface area (Å²) in [5.41, 5.74) is 3.25. The van der Waals surface area contributed by atoms with Crippen molar-refractivity contribution in [2.24, 2.45) is 0 Å². The van der Waals surface area contributed by atoms with Gasteiger partial charge in [-0.1, -0.05) is 17.1 Å². The van der Waals surface area contributed by atoms with E-state index in [4.69, 9.17) is 9.47 Å². The van der Waals surface area contributed by atoms with Gasteiger partial charge >= 0.3 is 6.09 Å². The fraction of sp³-hybridized carbons (Fsp3) is 0.524. The van der Waals surface area contributed by atoms with Gasteiger partial charge in [-0.05, 0) is 51.7 Å². The summed E-state index contributed by atoms with van der Waals surface area (Å²) in [6.07, 6.45) is 6.57. The number of hydrogen-bond donors (Lipinski definition) is 1. The molecule has 1 fully saturated rings. The van der Waals surface area contributed by atoms with Gasteiger partial charge in [-0.25, -0.2) is 9.48 Å². The Labute approximate surface area is 171 Å². The first kappa shape index (κ1) is 20.8. The highest BCUT2D eigenvalue weighted by Gasteiger charge is 2.16. The smallest absolute Gasteiger partial charge is 0.408 e. The van der Waals surface area contributed by atoms with Crippen molar-refractivity contribution >= 4 is 6.09 Å². The lowest BCUT2D eigenvalue weighted by atomic mass is 10.1. The second kappa shape index (κ2) is 10.0. The molecule has 8 heteroatoms. The van der Waals surface area contributed by atoms with E-state index < -0.39 is 6.09 Å². The lowest BCUT2D eigenvalue weighted by molar-refractivity contribution is 0.00370. The number of ether oxygens (including phenoxy) is 2. The van der Waals surface area contributed by atoms with Gasteiger partial charge in [0.2, 0.25) is 0 Å². The maximum atomic E-state index is 11.4. The molecule has 3 heterocycles. The van der Waals surface area contributed by atoms with Crippen LogP contribution in [-0.4, -0.2) is 51.4 Å². The Balaban J connectivity index is 1.58. The summed E-state index contributed by atoms with van der Waals surface area (Å²) in [5.74, 6) is 5.89. The van der Waals surface area contributed by atoms with E-state index in [2.05, 4.69) is 32.5 Å². The van der Waals surface area contributed by atoms with Crippen molar-refractivity contribution in [3.8, 4) is 23.2 Å². The van der Waals surface area contributed by atoms with Crippen LogP contribution in [0.25, 0.3) is 11.4 Å². The largest absolute Gasteiger partial charge is 0.447 e. The molecule has 2 aromatic heterocycles. The number of alkyl carbamates (subject to hydrolysis) is 1. The van der Waals surface area contributed by atoms with Gasteiger partial charge in [0.1, 0.15) is 5.69 Å². The van der Waals surface area contributed by atoms with E-state index in [1.807, 2.05) is 23.9 Å². The molecule has 0 spiro atoms. The number of carbonyl (C=O) groups excluding carboxylic acids is 1. The van der Waals surface area contributed by atoms with E-state index in [0.717, 1.165) is 42.0 Å². The molecule has 29 heavy (non-hydrogen) atoms. The average molecular weight is 397 g/mol. The molecule has 2 aromatic rings. The van der Waals surface area contributed by atoms with Gasteiger partial charge in [0.15, 0.2) is 0 Å². The molecule has 1 amide bonds. The Kier molecular flexibility index (Phi) is 7.19. The third-order valence-corrected chi connectivity index (χ3v) is 4.42. The molecule has 1 unspecified atom stereocenters. The second-order valence-corrected chi connectivity index (χ2v) is 7.31. The number of pyridine rings is 1. The molecule has 3 rings (SSSR count). The Morgan fingerprint density at radius 1 is 1.45 bits per heavy atom. The standard InChI is InChI=1S/C21H27N5O3/c1-15(2)29-21(27)22-9-6-7-17-11-16(3)20(23-12-17)19-14-26(25-24-19)13-18-8-4-5-10-28-18/h11-12,14-15,18H,4-5,8-10,13H2,1-3H3,(H,22,27). The first-order valence-electron chi connectivity index (χ1n) is 9.93. The monoisotopic (exact) mass is 397 g/mol. The minimum atomic E-state index is -0.472. The predicted molar refractivity (Wildman–Crippen MR) is 108 cm³/mol. The Hall–Kier alpha value is -2.92. The molecule has 8 nitrogen and oxygen atoms in total. The van der Waals surface area contributed by atoms with Gasteiger partial charge in [-0.2, -0.15) is 0 Å². The van der Waals surface area contributed by atoms with Crippen molar-refractivity contribution in [3.63, 3.8) is 0 Å². The molecule has 0 aromatic carbocycles.